The number of carboxylic acid groups (broad SMARTS) is 1. The number of hydrogen-bond acceptors (Lipinski definition) is 8. The number of halogens is 5. The van der Waals surface area contributed by atoms with E-state index in [0.717, 1.165) is 32.6 Å². The van der Waals surface area contributed by atoms with Gasteiger partial charge in [-0.25, -0.2) is 23.5 Å². The molecule has 1 saturated heterocycles. The number of carbonyl (C=O) groups is 2. The van der Waals surface area contributed by atoms with Gasteiger partial charge in [-0.05, 0) is 13.0 Å². The van der Waals surface area contributed by atoms with Gasteiger partial charge in [0.2, 0.25) is 0 Å². The maximum atomic E-state index is 13.1. The van der Waals surface area contributed by atoms with Crippen molar-refractivity contribution in [2.24, 2.45) is 7.05 Å². The Balaban J connectivity index is 0.000000429. The highest BCUT2D eigenvalue weighted by atomic mass is 32.1. The third-order valence-corrected chi connectivity index (χ3v) is 5.61. The number of thiophene rings is 1. The van der Waals surface area contributed by atoms with E-state index in [-0.39, 0.29) is 5.69 Å². The van der Waals surface area contributed by atoms with Crippen LogP contribution in [0.2, 0.25) is 0 Å². The summed E-state index contributed by atoms with van der Waals surface area (Å²) in [6.45, 7) is 3.47. The second-order valence-electron chi connectivity index (χ2n) is 7.28. The van der Waals surface area contributed by atoms with E-state index >= 15 is 0 Å². The fourth-order valence-electron chi connectivity index (χ4n) is 3.14. The normalized spacial score (nSPS) is 14.4. The summed E-state index contributed by atoms with van der Waals surface area (Å²) >= 11 is 1.29. The molecule has 4 heterocycles. The topological polar surface area (TPSA) is 125 Å². The van der Waals surface area contributed by atoms with E-state index in [0.29, 0.717) is 21.7 Å². The van der Waals surface area contributed by atoms with Crippen LogP contribution in [-0.4, -0.2) is 69.1 Å². The van der Waals surface area contributed by atoms with Crippen LogP contribution in [0.15, 0.2) is 17.8 Å². The van der Waals surface area contributed by atoms with Crippen LogP contribution in [0.1, 0.15) is 28.9 Å². The van der Waals surface area contributed by atoms with Gasteiger partial charge in [0, 0.05) is 38.3 Å². The van der Waals surface area contributed by atoms with Gasteiger partial charge < -0.3 is 20.6 Å². The average molecular weight is 521 g/mol. The van der Waals surface area contributed by atoms with E-state index in [1.165, 1.54) is 29.3 Å². The molecule has 16 heteroatoms. The standard InChI is InChI=1S/C17H19F2N7OS.C2HF3O2/c1-25-8-11(14(24-25)15(18)19)22-16(27)10-9-28-17-13(10)23-12(7-21-17)26-5-2-3-20-4-6-26;3-2(4,5)1(6)7/h7-9,15,20H,2-6H2,1H3,(H,22,27);(H,6,7). The molecule has 1 aliphatic heterocycles. The molecule has 0 bridgehead atoms. The fourth-order valence-corrected chi connectivity index (χ4v) is 3.97. The minimum Gasteiger partial charge on any atom is -0.475 e. The molecule has 1 amide bonds. The Hall–Kier alpha value is -3.40. The monoisotopic (exact) mass is 521 g/mol. The van der Waals surface area contributed by atoms with Crippen LogP contribution >= 0.6 is 11.3 Å². The second kappa shape index (κ2) is 10.9. The zero-order valence-electron chi connectivity index (χ0n) is 18.1. The first-order chi connectivity index (χ1) is 16.5. The van der Waals surface area contributed by atoms with Crippen LogP contribution in [0, 0.1) is 0 Å². The number of rotatable bonds is 4. The predicted octanol–water partition coefficient (Wildman–Crippen LogP) is 3.05. The molecule has 190 valence electrons. The molecule has 3 N–H and O–H groups in total. The maximum Gasteiger partial charge on any atom is 0.490 e. The molecule has 3 aromatic rings. The van der Waals surface area contributed by atoms with E-state index in [4.69, 9.17) is 9.90 Å². The first-order valence-electron chi connectivity index (χ1n) is 10.1. The number of nitrogens with zero attached hydrogens (tertiary/aromatic N) is 5. The van der Waals surface area contributed by atoms with Crippen molar-refractivity contribution in [3.63, 3.8) is 0 Å². The van der Waals surface area contributed by atoms with Crippen molar-refractivity contribution in [1.29, 1.82) is 0 Å². The van der Waals surface area contributed by atoms with Gasteiger partial charge in [-0.3, -0.25) is 9.48 Å². The number of aromatic nitrogens is 4. The summed E-state index contributed by atoms with van der Waals surface area (Å²) in [4.78, 5) is 33.5. The van der Waals surface area contributed by atoms with Gasteiger partial charge in [0.25, 0.3) is 12.3 Å². The van der Waals surface area contributed by atoms with Crippen LogP contribution in [-0.2, 0) is 11.8 Å². The van der Waals surface area contributed by atoms with Crippen LogP contribution in [0.3, 0.4) is 0 Å². The first kappa shape index (κ1) is 26.2. The molecule has 0 aromatic carbocycles. The number of aliphatic carboxylic acids is 1. The van der Waals surface area contributed by atoms with Crippen molar-refractivity contribution >= 4 is 45.1 Å². The molecule has 1 fully saturated rings. The van der Waals surface area contributed by atoms with Crippen LogP contribution in [0.5, 0.6) is 0 Å². The number of fused-ring (bicyclic) bond motifs is 1. The predicted molar refractivity (Wildman–Crippen MR) is 117 cm³/mol. The van der Waals surface area contributed by atoms with Crippen LogP contribution in [0.4, 0.5) is 33.5 Å². The zero-order chi connectivity index (χ0) is 25.8. The molecular weight excluding hydrogens is 501 g/mol. The molecule has 0 saturated carbocycles. The van der Waals surface area contributed by atoms with E-state index in [1.807, 2.05) is 0 Å². The number of carbonyl (C=O) groups excluding carboxylic acids is 1. The van der Waals surface area contributed by atoms with Crippen molar-refractivity contribution in [3.8, 4) is 0 Å². The fraction of sp³-hybridized carbons (Fsp3) is 0.421. The van der Waals surface area contributed by atoms with Crippen molar-refractivity contribution < 1.29 is 36.6 Å². The number of anilines is 2. The Morgan fingerprint density at radius 2 is 1.97 bits per heavy atom. The van der Waals surface area contributed by atoms with E-state index < -0.39 is 30.2 Å². The van der Waals surface area contributed by atoms with Gasteiger partial charge in [0.1, 0.15) is 16.2 Å². The van der Waals surface area contributed by atoms with Crippen molar-refractivity contribution in [1.82, 2.24) is 25.1 Å². The van der Waals surface area contributed by atoms with Gasteiger partial charge in [-0.15, -0.1) is 11.3 Å². The molecule has 35 heavy (non-hydrogen) atoms. The summed E-state index contributed by atoms with van der Waals surface area (Å²) in [7, 11) is 1.52. The summed E-state index contributed by atoms with van der Waals surface area (Å²) in [6.07, 6.45) is -3.80. The molecule has 0 aliphatic carbocycles. The number of aryl methyl sites for hydroxylation is 1. The Labute approximate surface area is 198 Å². The lowest BCUT2D eigenvalue weighted by molar-refractivity contribution is -0.192. The van der Waals surface area contributed by atoms with Crippen molar-refractivity contribution in [2.45, 2.75) is 19.0 Å². The van der Waals surface area contributed by atoms with Gasteiger partial charge in [-0.2, -0.15) is 18.3 Å². The van der Waals surface area contributed by atoms with E-state index in [9.17, 15) is 26.7 Å². The minimum absolute atomic E-state index is 0.00967. The Morgan fingerprint density at radius 1 is 1.26 bits per heavy atom. The molecule has 4 rings (SSSR count). The van der Waals surface area contributed by atoms with Gasteiger partial charge >= 0.3 is 12.1 Å². The highest BCUT2D eigenvalue weighted by molar-refractivity contribution is 7.17. The Kier molecular flexibility index (Phi) is 8.16. The number of hydrogen-bond donors (Lipinski definition) is 3. The minimum atomic E-state index is -5.08. The highest BCUT2D eigenvalue weighted by Gasteiger charge is 2.38. The number of carboxylic acids is 1. The summed E-state index contributed by atoms with van der Waals surface area (Å²) in [5.41, 5.74) is 0.315. The molecule has 3 aromatic heterocycles. The maximum absolute atomic E-state index is 13.1. The summed E-state index contributed by atoms with van der Waals surface area (Å²) in [6, 6.07) is 0. The number of alkyl halides is 5. The second-order valence-corrected chi connectivity index (χ2v) is 8.14. The molecule has 0 radical (unpaired) electrons. The highest BCUT2D eigenvalue weighted by Crippen LogP contribution is 2.28. The lowest BCUT2D eigenvalue weighted by atomic mass is 10.2. The first-order valence-corrected chi connectivity index (χ1v) is 11.0. The quantitative estimate of drug-likeness (QED) is 0.448. The Bertz CT molecular complexity index is 1190. The average Bonchev–Trinajstić information content (AvgIpc) is 3.25. The summed E-state index contributed by atoms with van der Waals surface area (Å²) in [5, 5.41) is 18.3. The molecule has 10 nitrogen and oxygen atoms in total. The largest absolute Gasteiger partial charge is 0.490 e. The van der Waals surface area contributed by atoms with Crippen LogP contribution in [0.25, 0.3) is 10.3 Å². The van der Waals surface area contributed by atoms with Crippen molar-refractivity contribution in [3.05, 3.63) is 29.0 Å². The zero-order valence-corrected chi connectivity index (χ0v) is 19.0. The molecule has 0 spiro atoms. The lowest BCUT2D eigenvalue weighted by Crippen LogP contribution is -2.28. The van der Waals surface area contributed by atoms with Gasteiger partial charge in [-0.1, -0.05) is 0 Å². The third-order valence-electron chi connectivity index (χ3n) is 4.73. The third kappa shape index (κ3) is 6.60. The summed E-state index contributed by atoms with van der Waals surface area (Å²) in [5.74, 6) is -2.56. The number of amides is 1. The van der Waals surface area contributed by atoms with E-state index in [1.54, 1.807) is 11.6 Å². The van der Waals surface area contributed by atoms with Crippen molar-refractivity contribution in [2.75, 3.05) is 36.4 Å². The smallest absolute Gasteiger partial charge is 0.475 e. The SMILES string of the molecule is Cn1cc(NC(=O)c2csc3ncc(N4CCCNCC4)nc23)c(C(F)F)n1.O=C(O)C(F)(F)F. The molecule has 1 aliphatic rings. The lowest BCUT2D eigenvalue weighted by Gasteiger charge is -2.20. The Morgan fingerprint density at radius 3 is 2.63 bits per heavy atom. The summed E-state index contributed by atoms with van der Waals surface area (Å²) < 4.78 is 59.2. The molecular formula is C19H20F5N7O3S. The molecule has 0 atom stereocenters. The molecule has 0 unspecified atom stereocenters. The number of nitrogens with one attached hydrogen (secondary N) is 2. The van der Waals surface area contributed by atoms with Gasteiger partial charge in [0.05, 0.1) is 17.4 Å². The van der Waals surface area contributed by atoms with Crippen LogP contribution < -0.4 is 15.5 Å². The van der Waals surface area contributed by atoms with Gasteiger partial charge in [0.15, 0.2) is 5.69 Å². The van der Waals surface area contributed by atoms with E-state index in [2.05, 4.69) is 30.6 Å².